The Morgan fingerprint density at radius 1 is 0.368 bits per heavy atom. The Hall–Kier alpha value is -7.00. The monoisotopic (exact) mass is 1050 g/mol. The molecule has 2 aliphatic rings. The minimum absolute atomic E-state index is 0.0514. The second-order valence-electron chi connectivity index (χ2n) is 22.6. The molecule has 0 amide bonds. The summed E-state index contributed by atoms with van der Waals surface area (Å²) in [6.45, 7) is 16.1. The molecule has 0 saturated carbocycles. The lowest BCUT2D eigenvalue weighted by atomic mass is 9.36. The fraction of sp³-hybridized carbons (Fsp3) is 0.130. The van der Waals surface area contributed by atoms with E-state index in [1.165, 1.54) is 104 Å². The third-order valence-corrected chi connectivity index (χ3v) is 20.3. The molecule has 0 fully saturated rings. The van der Waals surface area contributed by atoms with Crippen LogP contribution in [-0.2, 0) is 10.8 Å². The number of aryl methyl sites for hydroxylation is 1. The highest BCUT2D eigenvalue weighted by Crippen LogP contribution is 2.49. The summed E-state index contributed by atoms with van der Waals surface area (Å²) in [6.07, 6.45) is 0. The maximum Gasteiger partial charge on any atom is 0.247 e. The van der Waals surface area contributed by atoms with Crippen molar-refractivity contribution in [1.82, 2.24) is 0 Å². The molecular weight excluding hydrogens is 996 g/mol. The van der Waals surface area contributed by atoms with Gasteiger partial charge in [0.25, 0.3) is 0 Å². The van der Waals surface area contributed by atoms with Crippen LogP contribution in [0.2, 0.25) is 0 Å². The molecule has 0 spiro atoms. The normalized spacial score (nSPS) is 13.1. The fourth-order valence-electron chi connectivity index (χ4n) is 11.7. The van der Waals surface area contributed by atoms with Gasteiger partial charge in [-0.25, -0.2) is 0 Å². The standard InChI is InChI=1S/C69H55BN2S4/c1-42-36-61-64(65-53-20-14-15-21-57(53)76-67(42)65)54-37-43(22-35-58(54)73-61)44-38-62-66-63(39-44)75-60-41-52(72(49-27-23-45(24-28-49)68(2,3)4)50-29-25-46(26-30-50)69(5,6)7)32-34-56(60)70(66)55-33-31-51(40-59(55)74-62)71(47-16-10-8-11-17-47)48-18-12-9-13-19-48/h8-41H,1-7H3. The maximum absolute atomic E-state index is 2.50. The van der Waals surface area contributed by atoms with Gasteiger partial charge in [0.1, 0.15) is 0 Å². The number of nitrogens with zero attached hydrogens (tertiary/aromatic N) is 2. The van der Waals surface area contributed by atoms with Crippen LogP contribution in [0.3, 0.4) is 0 Å². The van der Waals surface area contributed by atoms with Crippen LogP contribution in [0.25, 0.3) is 51.5 Å². The molecule has 7 heteroatoms. The van der Waals surface area contributed by atoms with Crippen LogP contribution >= 0.6 is 46.2 Å². The number of hydrogen-bond donors (Lipinski definition) is 0. The van der Waals surface area contributed by atoms with Gasteiger partial charge in [0.2, 0.25) is 6.71 Å². The van der Waals surface area contributed by atoms with Gasteiger partial charge in [-0.1, -0.05) is 173 Å². The maximum atomic E-state index is 2.50. The van der Waals surface area contributed by atoms with Gasteiger partial charge in [0.05, 0.1) is 0 Å². The average Bonchev–Trinajstić information content (AvgIpc) is 4.16. The Labute approximate surface area is 463 Å². The molecule has 0 saturated heterocycles. The number of hydrogen-bond acceptors (Lipinski definition) is 6. The van der Waals surface area contributed by atoms with E-state index >= 15 is 0 Å². The van der Waals surface area contributed by atoms with Crippen LogP contribution in [0.4, 0.5) is 34.1 Å². The second-order valence-corrected chi connectivity index (χ2v) is 26.9. The molecule has 2 aliphatic heterocycles. The van der Waals surface area contributed by atoms with Crippen molar-refractivity contribution in [2.75, 3.05) is 9.80 Å². The third-order valence-electron chi connectivity index (χ3n) is 15.6. The van der Waals surface area contributed by atoms with Crippen molar-refractivity contribution in [3.8, 4) is 11.1 Å². The quantitative estimate of drug-likeness (QED) is 0.147. The van der Waals surface area contributed by atoms with Gasteiger partial charge in [-0.15, -0.1) is 22.7 Å². The molecule has 2 aromatic heterocycles. The van der Waals surface area contributed by atoms with E-state index in [-0.39, 0.29) is 17.5 Å². The van der Waals surface area contributed by atoms with Crippen LogP contribution in [0.1, 0.15) is 58.2 Å². The smallest absolute Gasteiger partial charge is 0.247 e. The zero-order valence-corrected chi connectivity index (χ0v) is 47.0. The van der Waals surface area contributed by atoms with Crippen molar-refractivity contribution in [2.24, 2.45) is 0 Å². The Bertz CT molecular complexity index is 4160. The number of fused-ring (bicyclic) bond motifs is 11. The molecule has 368 valence electrons. The summed E-state index contributed by atoms with van der Waals surface area (Å²) in [5.41, 5.74) is 17.6. The largest absolute Gasteiger partial charge is 0.310 e. The van der Waals surface area contributed by atoms with Crippen molar-refractivity contribution in [1.29, 1.82) is 0 Å². The molecular formula is C69H55BN2S4. The average molecular weight is 1050 g/mol. The van der Waals surface area contributed by atoms with Crippen LogP contribution in [-0.4, -0.2) is 6.71 Å². The molecule has 0 atom stereocenters. The van der Waals surface area contributed by atoms with Gasteiger partial charge in [-0.3, -0.25) is 0 Å². The van der Waals surface area contributed by atoms with E-state index in [9.17, 15) is 0 Å². The lowest BCUT2D eigenvalue weighted by Crippen LogP contribution is -2.58. The van der Waals surface area contributed by atoms with Crippen molar-refractivity contribution >= 4 is 144 Å². The van der Waals surface area contributed by atoms with Crippen LogP contribution in [0, 0.1) is 6.92 Å². The van der Waals surface area contributed by atoms with Gasteiger partial charge in [-0.05, 0) is 160 Å². The number of para-hydroxylation sites is 2. The van der Waals surface area contributed by atoms with E-state index in [1.54, 1.807) is 0 Å². The van der Waals surface area contributed by atoms with Crippen LogP contribution in [0.5, 0.6) is 0 Å². The molecule has 0 radical (unpaired) electrons. The van der Waals surface area contributed by atoms with E-state index in [1.807, 2.05) is 46.2 Å². The number of rotatable bonds is 7. The predicted octanol–water partition coefficient (Wildman–Crippen LogP) is 19.4. The van der Waals surface area contributed by atoms with Gasteiger partial charge in [0, 0.05) is 94.1 Å². The first-order valence-electron chi connectivity index (χ1n) is 26.3. The molecule has 0 aliphatic carbocycles. The number of benzene rings is 10. The van der Waals surface area contributed by atoms with Crippen LogP contribution in [0.15, 0.2) is 226 Å². The highest BCUT2D eigenvalue weighted by Gasteiger charge is 2.39. The Morgan fingerprint density at radius 3 is 1.39 bits per heavy atom. The van der Waals surface area contributed by atoms with Crippen molar-refractivity contribution in [3.05, 3.63) is 223 Å². The number of anilines is 6. The van der Waals surface area contributed by atoms with Crippen LogP contribution < -0.4 is 26.2 Å². The van der Waals surface area contributed by atoms with Gasteiger partial charge in [-0.2, -0.15) is 0 Å². The molecule has 0 bridgehead atoms. The molecule has 76 heavy (non-hydrogen) atoms. The van der Waals surface area contributed by atoms with E-state index < -0.39 is 0 Å². The Balaban J connectivity index is 0.953. The van der Waals surface area contributed by atoms with Gasteiger partial charge in [0.15, 0.2) is 0 Å². The van der Waals surface area contributed by atoms with E-state index in [4.69, 9.17) is 0 Å². The second kappa shape index (κ2) is 18.1. The summed E-state index contributed by atoms with van der Waals surface area (Å²) in [5.74, 6) is 0. The van der Waals surface area contributed by atoms with E-state index in [2.05, 4.69) is 265 Å². The number of thiophene rings is 2. The predicted molar refractivity (Wildman–Crippen MR) is 335 cm³/mol. The fourth-order valence-corrected chi connectivity index (χ4v) is 16.6. The molecule has 14 rings (SSSR count). The van der Waals surface area contributed by atoms with Crippen molar-refractivity contribution in [3.63, 3.8) is 0 Å². The summed E-state index contributed by atoms with van der Waals surface area (Å²) < 4.78 is 5.44. The summed E-state index contributed by atoms with van der Waals surface area (Å²) in [5, 5.41) is 5.49. The summed E-state index contributed by atoms with van der Waals surface area (Å²) in [4.78, 5) is 10.1. The molecule has 10 aromatic carbocycles. The van der Waals surface area contributed by atoms with Crippen molar-refractivity contribution < 1.29 is 0 Å². The highest BCUT2D eigenvalue weighted by atomic mass is 32.2. The minimum atomic E-state index is 0.0514. The Kier molecular flexibility index (Phi) is 11.3. The lowest BCUT2D eigenvalue weighted by molar-refractivity contribution is 0.590. The first kappa shape index (κ1) is 47.5. The summed E-state index contributed by atoms with van der Waals surface area (Å²) in [7, 11) is 0. The van der Waals surface area contributed by atoms with Gasteiger partial charge >= 0.3 is 0 Å². The minimum Gasteiger partial charge on any atom is -0.310 e. The summed E-state index contributed by atoms with van der Waals surface area (Å²) in [6, 6.07) is 78.1. The first-order valence-corrected chi connectivity index (χ1v) is 29.6. The summed E-state index contributed by atoms with van der Waals surface area (Å²) >= 11 is 7.72. The van der Waals surface area contributed by atoms with E-state index in [0.717, 1.165) is 34.1 Å². The lowest BCUT2D eigenvalue weighted by Gasteiger charge is -2.35. The molecule has 12 aromatic rings. The van der Waals surface area contributed by atoms with E-state index in [0.29, 0.717) is 0 Å². The molecule has 0 unspecified atom stereocenters. The first-order chi connectivity index (χ1) is 36.8. The topological polar surface area (TPSA) is 6.48 Å². The van der Waals surface area contributed by atoms with Gasteiger partial charge < -0.3 is 9.80 Å². The highest BCUT2D eigenvalue weighted by molar-refractivity contribution is 8.01. The zero-order valence-electron chi connectivity index (χ0n) is 43.7. The SMILES string of the molecule is Cc1cc2sc3ccc(-c4cc5c6c(c4)Sc4cc(N(c7ccc(C(C)(C)C)cc7)c7ccc(C(C)(C)C)cc7)ccc4B6c4ccc(N(c6ccccc6)c6ccccc6)cc4S5)cc3c2c2c1sc1ccccc12. The third kappa shape index (κ3) is 8.00. The Morgan fingerprint density at radius 2 is 0.855 bits per heavy atom. The van der Waals surface area contributed by atoms with Crippen molar-refractivity contribution in [2.45, 2.75) is 78.9 Å². The zero-order chi connectivity index (χ0) is 51.6. The molecule has 4 heterocycles. The molecule has 0 N–H and O–H groups in total. The molecule has 2 nitrogen and oxygen atoms in total.